The quantitative estimate of drug-likeness (QED) is 0.510. The molecule has 1 aliphatic heterocycles. The molecule has 0 N–H and O–H groups in total. The Bertz CT molecular complexity index is 736. The summed E-state index contributed by atoms with van der Waals surface area (Å²) >= 11 is 5.95. The van der Waals surface area contributed by atoms with E-state index in [-0.39, 0.29) is 4.91 Å². The molecule has 0 atom stereocenters. The van der Waals surface area contributed by atoms with Crippen LogP contribution in [0.25, 0.3) is 4.91 Å². The maximum absolute atomic E-state index is 13.1. The molecule has 5 heteroatoms. The minimum Gasteiger partial charge on any atom is -0.207 e. The van der Waals surface area contributed by atoms with Crippen molar-refractivity contribution in [2.45, 2.75) is 51.9 Å². The number of nitrogens with zero attached hydrogens (tertiary/aromatic N) is 1. The Morgan fingerprint density at radius 2 is 1.84 bits per heavy atom. The number of piperidine rings is 1. The van der Waals surface area contributed by atoms with Crippen LogP contribution < -0.4 is 0 Å². The SMILES string of the molecule is CCCCCC#C/C=C(\c1ccc(Cl)cc1)S(=O)(=O)N1CCCCC1. The monoisotopic (exact) mass is 379 g/mol. The number of halogens is 1. The second kappa shape index (κ2) is 10.0. The van der Waals surface area contributed by atoms with E-state index in [1.165, 1.54) is 0 Å². The lowest BCUT2D eigenvalue weighted by molar-refractivity contribution is 0.351. The Kier molecular flexibility index (Phi) is 8.02. The molecule has 3 nitrogen and oxygen atoms in total. The van der Waals surface area contributed by atoms with E-state index in [2.05, 4.69) is 18.8 Å². The molecule has 0 aliphatic carbocycles. The zero-order valence-electron chi connectivity index (χ0n) is 14.8. The molecule has 0 radical (unpaired) electrons. The fourth-order valence-electron chi connectivity index (χ4n) is 2.82. The van der Waals surface area contributed by atoms with Crippen molar-refractivity contribution in [2.75, 3.05) is 13.1 Å². The summed E-state index contributed by atoms with van der Waals surface area (Å²) in [5, 5.41) is 0.587. The van der Waals surface area contributed by atoms with Gasteiger partial charge in [-0.15, -0.1) is 0 Å². The topological polar surface area (TPSA) is 37.4 Å². The molecular weight excluding hydrogens is 354 g/mol. The summed E-state index contributed by atoms with van der Waals surface area (Å²) in [5.41, 5.74) is 0.637. The smallest absolute Gasteiger partial charge is 0.207 e. The molecule has 136 valence electrons. The van der Waals surface area contributed by atoms with E-state index < -0.39 is 10.0 Å². The van der Waals surface area contributed by atoms with Gasteiger partial charge in [-0.05, 0) is 37.0 Å². The number of hydrogen-bond donors (Lipinski definition) is 0. The molecule has 2 rings (SSSR count). The van der Waals surface area contributed by atoms with Crippen LogP contribution in [0.1, 0.15) is 57.4 Å². The molecule has 0 amide bonds. The van der Waals surface area contributed by atoms with Crippen molar-refractivity contribution in [3.63, 3.8) is 0 Å². The average molecular weight is 380 g/mol. The molecule has 1 aliphatic rings. The Morgan fingerprint density at radius 1 is 1.16 bits per heavy atom. The van der Waals surface area contributed by atoms with Gasteiger partial charge in [-0.1, -0.05) is 61.8 Å². The minimum atomic E-state index is -3.54. The van der Waals surface area contributed by atoms with Crippen LogP contribution in [-0.4, -0.2) is 25.8 Å². The molecule has 25 heavy (non-hydrogen) atoms. The van der Waals surface area contributed by atoms with E-state index in [1.54, 1.807) is 34.6 Å². The van der Waals surface area contributed by atoms with E-state index >= 15 is 0 Å². The summed E-state index contributed by atoms with van der Waals surface area (Å²) in [6.45, 7) is 3.31. The zero-order chi connectivity index (χ0) is 18.1. The normalized spacial score (nSPS) is 16.3. The highest BCUT2D eigenvalue weighted by atomic mass is 35.5. The molecule has 1 aromatic rings. The molecule has 1 heterocycles. The van der Waals surface area contributed by atoms with Gasteiger partial charge in [0, 0.05) is 30.6 Å². The Morgan fingerprint density at radius 3 is 2.48 bits per heavy atom. The van der Waals surface area contributed by atoms with Gasteiger partial charge in [-0.2, -0.15) is 4.31 Å². The first-order valence-electron chi connectivity index (χ1n) is 9.00. The van der Waals surface area contributed by atoms with Crippen LogP contribution in [0.5, 0.6) is 0 Å². The maximum atomic E-state index is 13.1. The summed E-state index contributed by atoms with van der Waals surface area (Å²) in [7, 11) is -3.54. The van der Waals surface area contributed by atoms with Gasteiger partial charge in [-0.25, -0.2) is 8.42 Å². The van der Waals surface area contributed by atoms with Crippen LogP contribution in [-0.2, 0) is 10.0 Å². The molecule has 1 saturated heterocycles. The molecule has 0 saturated carbocycles. The first-order chi connectivity index (χ1) is 12.1. The Balaban J connectivity index is 2.29. The highest BCUT2D eigenvalue weighted by Gasteiger charge is 2.28. The van der Waals surface area contributed by atoms with Gasteiger partial charge >= 0.3 is 0 Å². The van der Waals surface area contributed by atoms with E-state index in [0.29, 0.717) is 23.7 Å². The van der Waals surface area contributed by atoms with Gasteiger partial charge < -0.3 is 0 Å². The van der Waals surface area contributed by atoms with Gasteiger partial charge in [0.2, 0.25) is 10.0 Å². The summed E-state index contributed by atoms with van der Waals surface area (Å²) < 4.78 is 27.8. The fraction of sp³-hybridized carbons (Fsp3) is 0.500. The lowest BCUT2D eigenvalue weighted by Gasteiger charge is -2.27. The standard InChI is InChI=1S/C20H26ClNO2S/c1-2-3-4-5-6-8-11-20(18-12-14-19(21)15-13-18)25(23,24)22-16-9-7-10-17-22/h11-15H,2-5,7,9-10,16-17H2,1H3/b20-11+. The third-order valence-corrected chi connectivity index (χ3v) is 6.48. The van der Waals surface area contributed by atoms with Crippen molar-refractivity contribution in [1.82, 2.24) is 4.31 Å². The number of rotatable bonds is 6. The summed E-state index contributed by atoms with van der Waals surface area (Å²) in [5.74, 6) is 6.02. The van der Waals surface area contributed by atoms with Crippen LogP contribution >= 0.6 is 11.6 Å². The van der Waals surface area contributed by atoms with Crippen LogP contribution in [0.3, 0.4) is 0 Å². The number of hydrogen-bond acceptors (Lipinski definition) is 2. The van der Waals surface area contributed by atoms with Gasteiger partial charge in [0.25, 0.3) is 0 Å². The van der Waals surface area contributed by atoms with Crippen LogP contribution in [0.4, 0.5) is 0 Å². The molecule has 1 fully saturated rings. The van der Waals surface area contributed by atoms with E-state index in [4.69, 9.17) is 11.6 Å². The lowest BCUT2D eigenvalue weighted by atomic mass is 10.2. The highest BCUT2D eigenvalue weighted by Crippen LogP contribution is 2.27. The van der Waals surface area contributed by atoms with Gasteiger partial charge in [0.1, 0.15) is 0 Å². The molecule has 1 aromatic carbocycles. The zero-order valence-corrected chi connectivity index (χ0v) is 16.4. The second-order valence-electron chi connectivity index (χ2n) is 6.26. The summed E-state index contributed by atoms with van der Waals surface area (Å²) in [4.78, 5) is 0.272. The molecule has 0 aromatic heterocycles. The van der Waals surface area contributed by atoms with Crippen LogP contribution in [0.2, 0.25) is 5.02 Å². The van der Waals surface area contributed by atoms with Crippen molar-refractivity contribution in [1.29, 1.82) is 0 Å². The summed E-state index contributed by atoms with van der Waals surface area (Å²) in [6.07, 6.45) is 8.61. The van der Waals surface area contributed by atoms with E-state index in [9.17, 15) is 8.42 Å². The fourth-order valence-corrected chi connectivity index (χ4v) is 4.60. The van der Waals surface area contributed by atoms with Crippen LogP contribution in [0, 0.1) is 11.8 Å². The number of sulfonamides is 1. The second-order valence-corrected chi connectivity index (χ2v) is 8.60. The van der Waals surface area contributed by atoms with Crippen molar-refractivity contribution < 1.29 is 8.42 Å². The maximum Gasteiger partial charge on any atom is 0.244 e. The first-order valence-corrected chi connectivity index (χ1v) is 10.8. The minimum absolute atomic E-state index is 0.272. The highest BCUT2D eigenvalue weighted by molar-refractivity contribution is 7.98. The molecule has 0 bridgehead atoms. The van der Waals surface area contributed by atoms with Crippen molar-refractivity contribution in [3.05, 3.63) is 40.9 Å². The molecule has 0 unspecified atom stereocenters. The van der Waals surface area contributed by atoms with Crippen molar-refractivity contribution in [3.8, 4) is 11.8 Å². The number of allylic oxidation sites excluding steroid dienone is 1. The predicted octanol–water partition coefficient (Wildman–Crippen LogP) is 5.08. The Hall–Kier alpha value is -1.28. The third-order valence-electron chi connectivity index (χ3n) is 4.27. The van der Waals surface area contributed by atoms with Crippen molar-refractivity contribution >= 4 is 26.5 Å². The van der Waals surface area contributed by atoms with E-state index in [0.717, 1.165) is 44.9 Å². The molecule has 0 spiro atoms. The summed E-state index contributed by atoms with van der Waals surface area (Å²) in [6, 6.07) is 6.92. The predicted molar refractivity (Wildman–Crippen MR) is 106 cm³/mol. The Labute approximate surface area is 157 Å². The largest absolute Gasteiger partial charge is 0.244 e. The number of unbranched alkanes of at least 4 members (excludes halogenated alkanes) is 3. The molecular formula is C20H26ClNO2S. The van der Waals surface area contributed by atoms with E-state index in [1.807, 2.05) is 0 Å². The average Bonchev–Trinajstić information content (AvgIpc) is 2.63. The third kappa shape index (κ3) is 5.88. The van der Waals surface area contributed by atoms with Crippen molar-refractivity contribution in [2.24, 2.45) is 0 Å². The first kappa shape index (κ1) is 20.0. The van der Waals surface area contributed by atoms with Crippen LogP contribution in [0.15, 0.2) is 30.3 Å². The van der Waals surface area contributed by atoms with Gasteiger partial charge in [-0.3, -0.25) is 0 Å². The van der Waals surface area contributed by atoms with Gasteiger partial charge in [0.05, 0.1) is 4.91 Å². The van der Waals surface area contributed by atoms with Gasteiger partial charge in [0.15, 0.2) is 0 Å². The number of benzene rings is 1. The lowest BCUT2D eigenvalue weighted by Crippen LogP contribution is -2.35.